The van der Waals surface area contributed by atoms with Gasteiger partial charge in [0, 0.05) is 12.2 Å². The summed E-state index contributed by atoms with van der Waals surface area (Å²) in [7, 11) is 0. The summed E-state index contributed by atoms with van der Waals surface area (Å²) in [6.45, 7) is 9.33. The van der Waals surface area contributed by atoms with E-state index in [2.05, 4.69) is 24.1 Å². The Morgan fingerprint density at radius 1 is 1.26 bits per heavy atom. The van der Waals surface area contributed by atoms with Crippen LogP contribution in [-0.2, 0) is 4.79 Å². The minimum absolute atomic E-state index is 0.0711. The highest BCUT2D eigenvalue weighted by molar-refractivity contribution is 5.83. The number of carbonyl (C=O) groups excluding carboxylic acids is 1. The van der Waals surface area contributed by atoms with Gasteiger partial charge < -0.3 is 15.0 Å². The van der Waals surface area contributed by atoms with Crippen LogP contribution in [0.2, 0.25) is 0 Å². The van der Waals surface area contributed by atoms with Crippen LogP contribution in [0.15, 0.2) is 24.3 Å². The molecule has 0 radical (unpaired) electrons. The van der Waals surface area contributed by atoms with Crippen LogP contribution < -0.4 is 15.0 Å². The summed E-state index contributed by atoms with van der Waals surface area (Å²) in [4.78, 5) is 13.7. The molecule has 0 saturated carbocycles. The number of benzene rings is 1. The average Bonchev–Trinajstić information content (AvgIpc) is 2.33. The monoisotopic (exact) mass is 262 g/mol. The van der Waals surface area contributed by atoms with Crippen LogP contribution in [0.5, 0.6) is 5.75 Å². The van der Waals surface area contributed by atoms with E-state index in [0.717, 1.165) is 11.4 Å². The Morgan fingerprint density at radius 2 is 1.89 bits per heavy atom. The number of nitrogens with zero attached hydrogens (tertiary/aromatic N) is 1. The van der Waals surface area contributed by atoms with E-state index >= 15 is 0 Å². The third-order valence-electron chi connectivity index (χ3n) is 3.27. The van der Waals surface area contributed by atoms with Crippen LogP contribution in [0, 0.1) is 0 Å². The third-order valence-corrected chi connectivity index (χ3v) is 3.27. The molecule has 1 fully saturated rings. The van der Waals surface area contributed by atoms with Crippen molar-refractivity contribution in [2.75, 3.05) is 18.0 Å². The van der Waals surface area contributed by atoms with E-state index in [1.54, 1.807) is 0 Å². The van der Waals surface area contributed by atoms with Crippen molar-refractivity contribution in [3.05, 3.63) is 24.3 Å². The second-order valence-corrected chi connectivity index (χ2v) is 5.84. The SMILES string of the molecule is CC(C)Oc1ccc(N2CC(=O)NCC2(C)C)cc1. The number of nitrogens with one attached hydrogen (secondary N) is 1. The minimum Gasteiger partial charge on any atom is -0.491 e. The molecule has 0 aromatic heterocycles. The van der Waals surface area contributed by atoms with Crippen LogP contribution in [0.4, 0.5) is 5.69 Å². The first-order valence-electron chi connectivity index (χ1n) is 6.69. The number of hydrogen-bond acceptors (Lipinski definition) is 3. The van der Waals surface area contributed by atoms with Gasteiger partial charge in [0.2, 0.25) is 5.91 Å². The molecule has 19 heavy (non-hydrogen) atoms. The molecular formula is C15H22N2O2. The lowest BCUT2D eigenvalue weighted by Gasteiger charge is -2.43. The number of amides is 1. The van der Waals surface area contributed by atoms with Gasteiger partial charge in [-0.1, -0.05) is 0 Å². The highest BCUT2D eigenvalue weighted by Crippen LogP contribution is 2.27. The van der Waals surface area contributed by atoms with E-state index < -0.39 is 0 Å². The first kappa shape index (κ1) is 13.7. The summed E-state index contributed by atoms with van der Waals surface area (Å²) in [5.74, 6) is 0.930. The van der Waals surface area contributed by atoms with Gasteiger partial charge >= 0.3 is 0 Å². The zero-order valence-electron chi connectivity index (χ0n) is 12.1. The molecule has 2 rings (SSSR count). The van der Waals surface area contributed by atoms with Gasteiger partial charge in [-0.3, -0.25) is 4.79 Å². The van der Waals surface area contributed by atoms with Crippen LogP contribution in [0.25, 0.3) is 0 Å². The smallest absolute Gasteiger partial charge is 0.239 e. The standard InChI is InChI=1S/C15H22N2O2/c1-11(2)19-13-7-5-12(6-8-13)17-9-14(18)16-10-15(17,3)4/h5-8,11H,9-10H2,1-4H3,(H,16,18). The molecule has 104 valence electrons. The number of piperazine rings is 1. The molecule has 1 saturated heterocycles. The Morgan fingerprint density at radius 3 is 2.47 bits per heavy atom. The van der Waals surface area contributed by atoms with E-state index in [1.165, 1.54) is 0 Å². The van der Waals surface area contributed by atoms with Crippen molar-refractivity contribution in [3.63, 3.8) is 0 Å². The predicted molar refractivity (Wildman–Crippen MR) is 76.6 cm³/mol. The maximum Gasteiger partial charge on any atom is 0.239 e. The molecule has 1 amide bonds. The average molecular weight is 262 g/mol. The number of ether oxygens (including phenoxy) is 1. The fraction of sp³-hybridized carbons (Fsp3) is 0.533. The Labute approximate surface area is 114 Å². The van der Waals surface area contributed by atoms with Crippen molar-refractivity contribution >= 4 is 11.6 Å². The van der Waals surface area contributed by atoms with Crippen LogP contribution in [-0.4, -0.2) is 30.6 Å². The largest absolute Gasteiger partial charge is 0.491 e. The van der Waals surface area contributed by atoms with Crippen LogP contribution in [0.3, 0.4) is 0 Å². The molecule has 1 aliphatic rings. The molecule has 1 N–H and O–H groups in total. The molecule has 1 aromatic rings. The van der Waals surface area contributed by atoms with E-state index in [1.807, 2.05) is 38.1 Å². The van der Waals surface area contributed by atoms with Gasteiger partial charge in [0.15, 0.2) is 0 Å². The molecule has 0 spiro atoms. The Bertz CT molecular complexity index is 452. The highest BCUT2D eigenvalue weighted by atomic mass is 16.5. The van der Waals surface area contributed by atoms with Crippen LogP contribution >= 0.6 is 0 Å². The predicted octanol–water partition coefficient (Wildman–Crippen LogP) is 2.19. The summed E-state index contributed by atoms with van der Waals surface area (Å²) in [5.41, 5.74) is 0.977. The Balaban J connectivity index is 2.18. The van der Waals surface area contributed by atoms with Crippen molar-refractivity contribution < 1.29 is 9.53 Å². The Kier molecular flexibility index (Phi) is 3.69. The second kappa shape index (κ2) is 5.11. The van der Waals surface area contributed by atoms with Gasteiger partial charge in [-0.05, 0) is 52.0 Å². The van der Waals surface area contributed by atoms with Crippen LogP contribution in [0.1, 0.15) is 27.7 Å². The first-order valence-corrected chi connectivity index (χ1v) is 6.69. The summed E-state index contributed by atoms with van der Waals surface area (Å²) in [6.07, 6.45) is 0.169. The maximum absolute atomic E-state index is 11.6. The second-order valence-electron chi connectivity index (χ2n) is 5.84. The molecule has 1 aliphatic heterocycles. The Hall–Kier alpha value is -1.71. The summed E-state index contributed by atoms with van der Waals surface area (Å²) in [5, 5.41) is 2.90. The number of anilines is 1. The van der Waals surface area contributed by atoms with Gasteiger partial charge in [-0.25, -0.2) is 0 Å². The molecular weight excluding hydrogens is 240 g/mol. The van der Waals surface area contributed by atoms with Crippen molar-refractivity contribution in [2.45, 2.75) is 39.3 Å². The van der Waals surface area contributed by atoms with Gasteiger partial charge in [-0.2, -0.15) is 0 Å². The number of carbonyl (C=O) groups is 1. The zero-order chi connectivity index (χ0) is 14.0. The van der Waals surface area contributed by atoms with Crippen molar-refractivity contribution in [2.24, 2.45) is 0 Å². The molecule has 0 atom stereocenters. The molecule has 0 unspecified atom stereocenters. The van der Waals surface area contributed by atoms with Gasteiger partial charge in [-0.15, -0.1) is 0 Å². The van der Waals surface area contributed by atoms with E-state index in [0.29, 0.717) is 13.1 Å². The van der Waals surface area contributed by atoms with Gasteiger partial charge in [0.05, 0.1) is 18.2 Å². The number of rotatable bonds is 3. The minimum atomic E-state index is -0.0751. The molecule has 1 heterocycles. The molecule has 0 bridgehead atoms. The molecule has 4 nitrogen and oxygen atoms in total. The maximum atomic E-state index is 11.6. The fourth-order valence-corrected chi connectivity index (χ4v) is 2.24. The zero-order valence-corrected chi connectivity index (χ0v) is 12.1. The highest BCUT2D eigenvalue weighted by Gasteiger charge is 2.33. The fourth-order valence-electron chi connectivity index (χ4n) is 2.24. The molecule has 1 aromatic carbocycles. The first-order chi connectivity index (χ1) is 8.88. The summed E-state index contributed by atoms with van der Waals surface area (Å²) >= 11 is 0. The quantitative estimate of drug-likeness (QED) is 0.908. The number of hydrogen-bond donors (Lipinski definition) is 1. The summed E-state index contributed by atoms with van der Waals surface area (Å²) < 4.78 is 5.63. The van der Waals surface area contributed by atoms with Gasteiger partial charge in [0.25, 0.3) is 0 Å². The van der Waals surface area contributed by atoms with Crippen molar-refractivity contribution in [3.8, 4) is 5.75 Å². The van der Waals surface area contributed by atoms with E-state index in [4.69, 9.17) is 4.74 Å². The molecule has 4 heteroatoms. The van der Waals surface area contributed by atoms with Gasteiger partial charge in [0.1, 0.15) is 5.75 Å². The van der Waals surface area contributed by atoms with E-state index in [9.17, 15) is 4.79 Å². The summed E-state index contributed by atoms with van der Waals surface area (Å²) in [6, 6.07) is 7.94. The topological polar surface area (TPSA) is 41.6 Å². The van der Waals surface area contributed by atoms with E-state index in [-0.39, 0.29) is 17.6 Å². The van der Waals surface area contributed by atoms with Crippen molar-refractivity contribution in [1.29, 1.82) is 0 Å². The normalized spacial score (nSPS) is 18.4. The van der Waals surface area contributed by atoms with Crippen molar-refractivity contribution in [1.82, 2.24) is 5.32 Å². The lowest BCUT2D eigenvalue weighted by atomic mass is 9.99. The molecule has 0 aliphatic carbocycles. The lowest BCUT2D eigenvalue weighted by Crippen LogP contribution is -2.60. The lowest BCUT2D eigenvalue weighted by molar-refractivity contribution is -0.121. The third kappa shape index (κ3) is 3.19.